The van der Waals surface area contributed by atoms with Crippen molar-refractivity contribution in [3.8, 4) is 0 Å². The summed E-state index contributed by atoms with van der Waals surface area (Å²) in [7, 11) is 0. The van der Waals surface area contributed by atoms with Crippen LogP contribution in [0.2, 0.25) is 0 Å². The van der Waals surface area contributed by atoms with E-state index >= 15 is 0 Å². The van der Waals surface area contributed by atoms with Gasteiger partial charge in [0.15, 0.2) is 0 Å². The molecule has 2 amide bonds. The summed E-state index contributed by atoms with van der Waals surface area (Å²) in [5.74, 6) is -1.57. The van der Waals surface area contributed by atoms with E-state index in [4.69, 9.17) is 0 Å². The lowest BCUT2D eigenvalue weighted by molar-refractivity contribution is -0.137. The zero-order valence-corrected chi connectivity index (χ0v) is 16.6. The molecule has 0 aliphatic heterocycles. The number of amides is 2. The average molecular weight is 382 g/mol. The number of carbonyl (C=O) groups is 3. The van der Waals surface area contributed by atoms with Crippen LogP contribution in [0.5, 0.6) is 0 Å². The van der Waals surface area contributed by atoms with Gasteiger partial charge in [-0.25, -0.2) is 0 Å². The fourth-order valence-corrected chi connectivity index (χ4v) is 2.79. The zero-order chi connectivity index (χ0) is 20.9. The first-order valence-electron chi connectivity index (χ1n) is 9.07. The van der Waals surface area contributed by atoms with Gasteiger partial charge in [-0.3, -0.25) is 14.4 Å². The highest BCUT2D eigenvalue weighted by atomic mass is 16.4. The minimum Gasteiger partial charge on any atom is -0.481 e. The first-order valence-corrected chi connectivity index (χ1v) is 9.07. The highest BCUT2D eigenvalue weighted by molar-refractivity contribution is 5.96. The third kappa shape index (κ3) is 5.94. The van der Waals surface area contributed by atoms with Gasteiger partial charge in [-0.1, -0.05) is 45.0 Å². The first-order chi connectivity index (χ1) is 13.1. The van der Waals surface area contributed by atoms with E-state index in [1.54, 1.807) is 24.3 Å². The summed E-state index contributed by atoms with van der Waals surface area (Å²) in [5.41, 5.74) is 2.82. The van der Waals surface area contributed by atoms with E-state index in [0.717, 1.165) is 11.1 Å². The minimum absolute atomic E-state index is 0.0142. The second-order valence-electron chi connectivity index (χ2n) is 7.75. The molecule has 6 nitrogen and oxygen atoms in total. The largest absolute Gasteiger partial charge is 0.481 e. The molecule has 28 heavy (non-hydrogen) atoms. The summed E-state index contributed by atoms with van der Waals surface area (Å²) in [5, 5.41) is 14.7. The van der Waals surface area contributed by atoms with E-state index in [-0.39, 0.29) is 23.7 Å². The molecule has 0 aliphatic rings. The summed E-state index contributed by atoms with van der Waals surface area (Å²) >= 11 is 0. The third-order valence-electron chi connectivity index (χ3n) is 4.33. The summed E-state index contributed by atoms with van der Waals surface area (Å²) < 4.78 is 0. The van der Waals surface area contributed by atoms with E-state index in [1.807, 2.05) is 24.3 Å². The monoisotopic (exact) mass is 382 g/mol. The highest BCUT2D eigenvalue weighted by Gasteiger charge is 2.20. The maximum absolute atomic E-state index is 12.6. The van der Waals surface area contributed by atoms with Crippen LogP contribution in [-0.2, 0) is 15.0 Å². The molecule has 0 aromatic heterocycles. The molecule has 6 heteroatoms. The van der Waals surface area contributed by atoms with Gasteiger partial charge in [0.25, 0.3) is 5.91 Å². The molecular weight excluding hydrogens is 356 g/mol. The fourth-order valence-electron chi connectivity index (χ4n) is 2.79. The zero-order valence-electron chi connectivity index (χ0n) is 16.6. The number of hydrogen-bond acceptors (Lipinski definition) is 3. The standard InChI is InChI=1S/C22H26N2O4/c1-14(25)23-18-11-7-16(8-12-18)21(28)24-19(13-20(26)27)15-5-9-17(10-6-15)22(2,3)4/h5-12,19H,13H2,1-4H3,(H,23,25)(H,24,28)(H,26,27)/t19-/m0/s1. The average Bonchev–Trinajstić information content (AvgIpc) is 2.60. The van der Waals surface area contributed by atoms with Crippen LogP contribution in [0.3, 0.4) is 0 Å². The molecule has 0 spiro atoms. The van der Waals surface area contributed by atoms with Crippen LogP contribution in [0.25, 0.3) is 0 Å². The Labute approximate surface area is 165 Å². The SMILES string of the molecule is CC(=O)Nc1ccc(C(=O)N[C@@H](CC(=O)O)c2ccc(C(C)(C)C)cc2)cc1. The Bertz CT molecular complexity index is 850. The first kappa shape index (κ1) is 21.2. The second kappa shape index (κ2) is 8.69. The van der Waals surface area contributed by atoms with Crippen molar-refractivity contribution in [1.82, 2.24) is 5.32 Å². The lowest BCUT2D eigenvalue weighted by Crippen LogP contribution is -2.30. The van der Waals surface area contributed by atoms with Crippen LogP contribution in [0, 0.1) is 0 Å². The Balaban J connectivity index is 2.18. The van der Waals surface area contributed by atoms with E-state index < -0.39 is 12.0 Å². The Morgan fingerprint density at radius 1 is 0.964 bits per heavy atom. The van der Waals surface area contributed by atoms with Crippen molar-refractivity contribution in [2.24, 2.45) is 0 Å². The van der Waals surface area contributed by atoms with Gasteiger partial charge in [-0.2, -0.15) is 0 Å². The molecule has 1 atom stereocenters. The molecule has 148 valence electrons. The molecule has 0 heterocycles. The summed E-state index contributed by atoms with van der Waals surface area (Å²) in [6.07, 6.45) is -0.218. The molecule has 2 rings (SSSR count). The van der Waals surface area contributed by atoms with Crippen LogP contribution in [0.1, 0.15) is 61.6 Å². The van der Waals surface area contributed by atoms with Crippen molar-refractivity contribution in [2.75, 3.05) is 5.32 Å². The molecule has 2 aromatic rings. The van der Waals surface area contributed by atoms with E-state index in [2.05, 4.69) is 31.4 Å². The number of carbonyl (C=O) groups excluding carboxylic acids is 2. The van der Waals surface area contributed by atoms with Crippen LogP contribution in [0.15, 0.2) is 48.5 Å². The third-order valence-corrected chi connectivity index (χ3v) is 4.33. The fraction of sp³-hybridized carbons (Fsp3) is 0.318. The molecule has 0 aliphatic carbocycles. The molecule has 2 aromatic carbocycles. The van der Waals surface area contributed by atoms with Crippen LogP contribution in [0.4, 0.5) is 5.69 Å². The second-order valence-corrected chi connectivity index (χ2v) is 7.75. The van der Waals surface area contributed by atoms with Crippen molar-refractivity contribution >= 4 is 23.5 Å². The Morgan fingerprint density at radius 2 is 1.54 bits per heavy atom. The number of rotatable bonds is 6. The van der Waals surface area contributed by atoms with Crippen molar-refractivity contribution in [2.45, 2.75) is 45.6 Å². The molecule has 3 N–H and O–H groups in total. The molecule has 0 saturated carbocycles. The smallest absolute Gasteiger partial charge is 0.305 e. The number of nitrogens with one attached hydrogen (secondary N) is 2. The number of carboxylic acid groups (broad SMARTS) is 1. The van der Waals surface area contributed by atoms with Crippen molar-refractivity contribution in [3.63, 3.8) is 0 Å². The quantitative estimate of drug-likeness (QED) is 0.706. The number of anilines is 1. The van der Waals surface area contributed by atoms with Gasteiger partial charge in [0.1, 0.15) is 0 Å². The van der Waals surface area contributed by atoms with E-state index in [1.165, 1.54) is 6.92 Å². The normalized spacial score (nSPS) is 12.1. The lowest BCUT2D eigenvalue weighted by Gasteiger charge is -2.22. The highest BCUT2D eigenvalue weighted by Crippen LogP contribution is 2.25. The van der Waals surface area contributed by atoms with Crippen LogP contribution in [-0.4, -0.2) is 22.9 Å². The van der Waals surface area contributed by atoms with Gasteiger partial charge in [0.2, 0.25) is 5.91 Å². The molecule has 0 fully saturated rings. The summed E-state index contributed by atoms with van der Waals surface area (Å²) in [6, 6.07) is 13.4. The minimum atomic E-state index is -0.994. The van der Waals surface area contributed by atoms with Crippen molar-refractivity contribution < 1.29 is 19.5 Å². The number of aliphatic carboxylic acids is 1. The van der Waals surface area contributed by atoms with Crippen molar-refractivity contribution in [3.05, 3.63) is 65.2 Å². The Hall–Kier alpha value is -3.15. The number of benzene rings is 2. The molecular formula is C22H26N2O4. The Morgan fingerprint density at radius 3 is 2.00 bits per heavy atom. The van der Waals surface area contributed by atoms with Gasteiger partial charge >= 0.3 is 5.97 Å². The topological polar surface area (TPSA) is 95.5 Å². The molecule has 0 unspecified atom stereocenters. The van der Waals surface area contributed by atoms with Crippen LogP contribution >= 0.6 is 0 Å². The van der Waals surface area contributed by atoms with Gasteiger partial charge in [-0.15, -0.1) is 0 Å². The maximum Gasteiger partial charge on any atom is 0.305 e. The number of carboxylic acids is 1. The number of hydrogen-bond donors (Lipinski definition) is 3. The van der Waals surface area contributed by atoms with Crippen molar-refractivity contribution in [1.29, 1.82) is 0 Å². The molecule has 0 saturated heterocycles. The van der Waals surface area contributed by atoms with Crippen LogP contribution < -0.4 is 10.6 Å². The van der Waals surface area contributed by atoms with Gasteiger partial charge in [0, 0.05) is 18.2 Å². The summed E-state index contributed by atoms with van der Waals surface area (Å²) in [4.78, 5) is 34.9. The predicted molar refractivity (Wildman–Crippen MR) is 108 cm³/mol. The maximum atomic E-state index is 12.6. The van der Waals surface area contributed by atoms with Gasteiger partial charge in [0.05, 0.1) is 12.5 Å². The van der Waals surface area contributed by atoms with Gasteiger partial charge < -0.3 is 15.7 Å². The van der Waals surface area contributed by atoms with Gasteiger partial charge in [-0.05, 0) is 40.8 Å². The predicted octanol–water partition coefficient (Wildman–Crippen LogP) is 3.89. The van der Waals surface area contributed by atoms with E-state index in [9.17, 15) is 19.5 Å². The lowest BCUT2D eigenvalue weighted by atomic mass is 9.86. The van der Waals surface area contributed by atoms with E-state index in [0.29, 0.717) is 11.3 Å². The molecule has 0 bridgehead atoms. The summed E-state index contributed by atoms with van der Waals surface area (Å²) in [6.45, 7) is 7.71. The molecule has 0 radical (unpaired) electrons. The Kier molecular flexibility index (Phi) is 6.57.